The number of rotatable bonds is 5. The fourth-order valence-corrected chi connectivity index (χ4v) is 3.06. The zero-order chi connectivity index (χ0) is 18.8. The van der Waals surface area contributed by atoms with E-state index in [-0.39, 0.29) is 6.03 Å². The number of hydrogen-bond acceptors (Lipinski definition) is 5. The van der Waals surface area contributed by atoms with Crippen molar-refractivity contribution in [2.24, 2.45) is 0 Å². The second-order valence-electron chi connectivity index (χ2n) is 6.37. The highest BCUT2D eigenvalue weighted by Crippen LogP contribution is 2.26. The molecule has 0 bridgehead atoms. The van der Waals surface area contributed by atoms with Gasteiger partial charge in [-0.3, -0.25) is 4.90 Å². The highest BCUT2D eigenvalue weighted by molar-refractivity contribution is 5.93. The molecule has 2 aromatic heterocycles. The van der Waals surface area contributed by atoms with E-state index < -0.39 is 0 Å². The zero-order valence-corrected chi connectivity index (χ0v) is 15.2. The molecule has 0 atom stereocenters. The molecule has 1 saturated heterocycles. The quantitative estimate of drug-likeness (QED) is 0.752. The van der Waals surface area contributed by atoms with Gasteiger partial charge in [0.15, 0.2) is 11.7 Å². The Morgan fingerprint density at radius 2 is 2.15 bits per heavy atom. The SMILES string of the molecule is COc1ccc(C)c(Cc2ncc(-c3ccnc(N4CCNC4=O)c3)o2)c1. The summed E-state index contributed by atoms with van der Waals surface area (Å²) in [5.41, 5.74) is 3.09. The number of anilines is 1. The molecule has 0 spiro atoms. The Morgan fingerprint density at radius 3 is 2.93 bits per heavy atom. The minimum absolute atomic E-state index is 0.133. The molecule has 0 radical (unpaired) electrons. The number of amides is 2. The van der Waals surface area contributed by atoms with Crippen LogP contribution < -0.4 is 15.0 Å². The molecule has 7 nitrogen and oxygen atoms in total. The number of hydrogen-bond donors (Lipinski definition) is 1. The van der Waals surface area contributed by atoms with Crippen molar-refractivity contribution in [2.75, 3.05) is 25.1 Å². The lowest BCUT2D eigenvalue weighted by Crippen LogP contribution is -2.28. The maximum Gasteiger partial charge on any atom is 0.323 e. The van der Waals surface area contributed by atoms with Gasteiger partial charge in [0.25, 0.3) is 0 Å². The number of benzene rings is 1. The molecule has 3 aromatic rings. The number of aromatic nitrogens is 2. The largest absolute Gasteiger partial charge is 0.497 e. The lowest BCUT2D eigenvalue weighted by Gasteiger charge is -2.13. The number of carbonyl (C=O) groups excluding carboxylic acids is 1. The topological polar surface area (TPSA) is 80.5 Å². The van der Waals surface area contributed by atoms with Crippen LogP contribution in [0.25, 0.3) is 11.3 Å². The smallest absolute Gasteiger partial charge is 0.323 e. The van der Waals surface area contributed by atoms with Crippen molar-refractivity contribution < 1.29 is 13.9 Å². The van der Waals surface area contributed by atoms with Gasteiger partial charge in [-0.1, -0.05) is 6.07 Å². The van der Waals surface area contributed by atoms with Gasteiger partial charge in [-0.25, -0.2) is 14.8 Å². The summed E-state index contributed by atoms with van der Waals surface area (Å²) in [4.78, 5) is 22.2. The summed E-state index contributed by atoms with van der Waals surface area (Å²) >= 11 is 0. The standard InChI is InChI=1S/C20H20N4O3/c1-13-3-4-16(26-2)9-15(13)11-19-23-12-17(27-19)14-5-6-21-18(10-14)24-8-7-22-20(24)25/h3-6,9-10,12H,7-8,11H2,1-2H3,(H,22,25). The maximum absolute atomic E-state index is 11.8. The van der Waals surface area contributed by atoms with E-state index in [1.165, 1.54) is 0 Å². The monoisotopic (exact) mass is 364 g/mol. The number of oxazole rings is 1. The van der Waals surface area contributed by atoms with E-state index in [1.54, 1.807) is 24.4 Å². The third kappa shape index (κ3) is 3.48. The molecule has 2 amide bonds. The van der Waals surface area contributed by atoms with Crippen LogP contribution >= 0.6 is 0 Å². The maximum atomic E-state index is 11.8. The van der Waals surface area contributed by atoms with Crippen LogP contribution in [0.3, 0.4) is 0 Å². The lowest BCUT2D eigenvalue weighted by atomic mass is 10.1. The molecule has 3 heterocycles. The van der Waals surface area contributed by atoms with E-state index in [2.05, 4.69) is 22.2 Å². The van der Waals surface area contributed by atoms with Crippen LogP contribution in [0.2, 0.25) is 0 Å². The second kappa shape index (κ2) is 7.11. The molecule has 0 unspecified atom stereocenters. The first-order chi connectivity index (χ1) is 13.1. The average Bonchev–Trinajstić information content (AvgIpc) is 3.33. The first-order valence-electron chi connectivity index (χ1n) is 8.74. The Morgan fingerprint density at radius 1 is 1.26 bits per heavy atom. The van der Waals surface area contributed by atoms with Gasteiger partial charge in [-0.15, -0.1) is 0 Å². The molecule has 27 heavy (non-hydrogen) atoms. The Hall–Kier alpha value is -3.35. The molecule has 0 aliphatic carbocycles. The fraction of sp³-hybridized carbons (Fsp3) is 0.250. The van der Waals surface area contributed by atoms with Gasteiger partial charge < -0.3 is 14.5 Å². The summed E-state index contributed by atoms with van der Waals surface area (Å²) in [7, 11) is 1.65. The predicted molar refractivity (Wildman–Crippen MR) is 101 cm³/mol. The molecule has 138 valence electrons. The molecule has 0 saturated carbocycles. The first-order valence-corrected chi connectivity index (χ1v) is 8.74. The molecule has 4 rings (SSSR count). The van der Waals surface area contributed by atoms with Crippen molar-refractivity contribution in [3.63, 3.8) is 0 Å². The van der Waals surface area contributed by atoms with Gasteiger partial charge in [0.2, 0.25) is 0 Å². The van der Waals surface area contributed by atoms with Crippen molar-refractivity contribution in [3.8, 4) is 17.1 Å². The van der Waals surface area contributed by atoms with Crippen molar-refractivity contribution >= 4 is 11.8 Å². The molecule has 1 aliphatic rings. The number of ether oxygens (including phenoxy) is 1. The second-order valence-corrected chi connectivity index (χ2v) is 6.37. The Labute approximate surface area is 157 Å². The van der Waals surface area contributed by atoms with Crippen LogP contribution in [0.1, 0.15) is 17.0 Å². The van der Waals surface area contributed by atoms with Gasteiger partial charge in [0.05, 0.1) is 13.3 Å². The predicted octanol–water partition coefficient (Wildman–Crippen LogP) is 3.17. The molecule has 1 aliphatic heterocycles. The first kappa shape index (κ1) is 17.1. The van der Waals surface area contributed by atoms with Crippen molar-refractivity contribution in [1.29, 1.82) is 0 Å². The van der Waals surface area contributed by atoms with Crippen LogP contribution in [-0.2, 0) is 6.42 Å². The van der Waals surface area contributed by atoms with Crippen LogP contribution in [-0.4, -0.2) is 36.2 Å². The van der Waals surface area contributed by atoms with Crippen LogP contribution in [0, 0.1) is 6.92 Å². The summed E-state index contributed by atoms with van der Waals surface area (Å²) in [6.07, 6.45) is 3.95. The van der Waals surface area contributed by atoms with Gasteiger partial charge in [0, 0.05) is 31.3 Å². The lowest BCUT2D eigenvalue weighted by molar-refractivity contribution is 0.252. The minimum Gasteiger partial charge on any atom is -0.497 e. The molecule has 1 aromatic carbocycles. The number of aryl methyl sites for hydroxylation is 1. The number of nitrogens with zero attached hydrogens (tertiary/aromatic N) is 3. The Kier molecular flexibility index (Phi) is 4.50. The van der Waals surface area contributed by atoms with Crippen molar-refractivity contribution in [3.05, 3.63) is 59.7 Å². The van der Waals surface area contributed by atoms with E-state index in [4.69, 9.17) is 9.15 Å². The minimum atomic E-state index is -0.133. The number of carbonyl (C=O) groups is 1. The van der Waals surface area contributed by atoms with E-state index >= 15 is 0 Å². The summed E-state index contributed by atoms with van der Waals surface area (Å²) in [6.45, 7) is 3.28. The van der Waals surface area contributed by atoms with Crippen LogP contribution in [0.4, 0.5) is 10.6 Å². The molecule has 1 fully saturated rings. The van der Waals surface area contributed by atoms with Gasteiger partial charge >= 0.3 is 6.03 Å². The molecular formula is C20H20N4O3. The van der Waals surface area contributed by atoms with E-state index in [0.29, 0.717) is 37.0 Å². The Balaban J connectivity index is 1.57. The normalized spacial score (nSPS) is 13.7. The average molecular weight is 364 g/mol. The van der Waals surface area contributed by atoms with Gasteiger partial charge in [-0.05, 0) is 42.3 Å². The van der Waals surface area contributed by atoms with Crippen molar-refractivity contribution in [1.82, 2.24) is 15.3 Å². The van der Waals surface area contributed by atoms with Gasteiger partial charge in [0.1, 0.15) is 11.6 Å². The van der Waals surface area contributed by atoms with E-state index in [9.17, 15) is 4.79 Å². The number of urea groups is 1. The number of methoxy groups -OCH3 is 1. The Bertz CT molecular complexity index is 983. The van der Waals surface area contributed by atoms with Gasteiger partial charge in [-0.2, -0.15) is 0 Å². The summed E-state index contributed by atoms with van der Waals surface area (Å²) < 4.78 is 11.2. The fourth-order valence-electron chi connectivity index (χ4n) is 3.06. The third-order valence-corrected chi connectivity index (χ3v) is 4.61. The highest BCUT2D eigenvalue weighted by atomic mass is 16.5. The summed E-state index contributed by atoms with van der Waals surface area (Å²) in [5.74, 6) is 2.68. The van der Waals surface area contributed by atoms with Crippen LogP contribution in [0.15, 0.2) is 47.1 Å². The summed E-state index contributed by atoms with van der Waals surface area (Å²) in [6, 6.07) is 9.51. The van der Waals surface area contributed by atoms with Crippen LogP contribution in [0.5, 0.6) is 5.75 Å². The highest BCUT2D eigenvalue weighted by Gasteiger charge is 2.22. The molecule has 7 heteroatoms. The molecule has 1 N–H and O–H groups in total. The third-order valence-electron chi connectivity index (χ3n) is 4.61. The van der Waals surface area contributed by atoms with E-state index in [0.717, 1.165) is 22.4 Å². The van der Waals surface area contributed by atoms with E-state index in [1.807, 2.05) is 30.3 Å². The number of nitrogens with one attached hydrogen (secondary N) is 1. The summed E-state index contributed by atoms with van der Waals surface area (Å²) in [5, 5.41) is 2.77. The molecular weight excluding hydrogens is 344 g/mol. The van der Waals surface area contributed by atoms with Crippen molar-refractivity contribution in [2.45, 2.75) is 13.3 Å². The number of pyridine rings is 1. The zero-order valence-electron chi connectivity index (χ0n) is 15.2.